The van der Waals surface area contributed by atoms with E-state index in [1.807, 2.05) is 0 Å². The minimum absolute atomic E-state index is 0.317. The lowest BCUT2D eigenvalue weighted by Gasteiger charge is -2.33. The number of rotatable bonds is 4. The highest BCUT2D eigenvalue weighted by Crippen LogP contribution is 2.34. The number of hydrogen-bond donors (Lipinski definition) is 0. The Labute approximate surface area is 117 Å². The van der Waals surface area contributed by atoms with Gasteiger partial charge < -0.3 is 4.57 Å². The second-order valence-electron chi connectivity index (χ2n) is 5.17. The minimum Gasteiger partial charge on any atom is -0.344 e. The Bertz CT molecular complexity index is 603. The summed E-state index contributed by atoms with van der Waals surface area (Å²) in [6.45, 7) is 8.55. The standard InChI is InChI=1S/C17H22BN/c1-5-10-15-13(4)14-11-8-9-12-16(14)19(15)17(18,6-2)7-3/h5,8-12H,6-7H2,1-4H3/b10-5-. The van der Waals surface area contributed by atoms with Crippen LogP contribution in [-0.4, -0.2) is 12.4 Å². The van der Waals surface area contributed by atoms with E-state index >= 15 is 0 Å². The van der Waals surface area contributed by atoms with E-state index in [0.29, 0.717) is 0 Å². The van der Waals surface area contributed by atoms with Crippen LogP contribution in [0.1, 0.15) is 44.9 Å². The van der Waals surface area contributed by atoms with Crippen LogP contribution in [0.15, 0.2) is 30.3 Å². The Balaban J connectivity index is 2.87. The summed E-state index contributed by atoms with van der Waals surface area (Å²) in [7, 11) is 6.66. The van der Waals surface area contributed by atoms with E-state index in [9.17, 15) is 0 Å². The van der Waals surface area contributed by atoms with Crippen molar-refractivity contribution in [1.82, 2.24) is 4.57 Å². The first kappa shape index (κ1) is 14.0. The fourth-order valence-electron chi connectivity index (χ4n) is 2.82. The molecule has 0 aliphatic rings. The zero-order chi connectivity index (χ0) is 14.0. The molecule has 1 nitrogen and oxygen atoms in total. The van der Waals surface area contributed by atoms with Gasteiger partial charge in [0, 0.05) is 22.0 Å². The first-order valence-corrected chi connectivity index (χ1v) is 7.11. The first-order chi connectivity index (χ1) is 9.09. The van der Waals surface area contributed by atoms with Crippen LogP contribution in [0, 0.1) is 6.92 Å². The summed E-state index contributed by atoms with van der Waals surface area (Å²) in [5, 5.41) is 1.30. The smallest absolute Gasteiger partial charge is 0.104 e. The third kappa shape index (κ3) is 2.14. The molecule has 1 aromatic carbocycles. The van der Waals surface area contributed by atoms with Crippen LogP contribution in [0.2, 0.25) is 0 Å². The molecule has 19 heavy (non-hydrogen) atoms. The van der Waals surface area contributed by atoms with Gasteiger partial charge in [0.15, 0.2) is 0 Å². The van der Waals surface area contributed by atoms with Gasteiger partial charge in [-0.15, -0.1) is 0 Å². The van der Waals surface area contributed by atoms with Crippen molar-refractivity contribution in [3.8, 4) is 0 Å². The topological polar surface area (TPSA) is 4.93 Å². The van der Waals surface area contributed by atoms with Crippen LogP contribution >= 0.6 is 0 Å². The van der Waals surface area contributed by atoms with Gasteiger partial charge in [-0.2, -0.15) is 0 Å². The monoisotopic (exact) mass is 251 g/mol. The molecule has 0 aliphatic heterocycles. The van der Waals surface area contributed by atoms with Gasteiger partial charge in [0.2, 0.25) is 0 Å². The maximum absolute atomic E-state index is 6.66. The molecule has 1 aromatic heterocycles. The summed E-state index contributed by atoms with van der Waals surface area (Å²) in [6, 6.07) is 8.53. The third-order valence-corrected chi connectivity index (χ3v) is 4.17. The lowest BCUT2D eigenvalue weighted by atomic mass is 9.72. The molecule has 0 fully saturated rings. The Morgan fingerprint density at radius 2 is 1.84 bits per heavy atom. The lowest BCUT2D eigenvalue weighted by Crippen LogP contribution is -2.33. The highest BCUT2D eigenvalue weighted by Gasteiger charge is 2.26. The van der Waals surface area contributed by atoms with E-state index in [-0.39, 0.29) is 5.44 Å². The maximum atomic E-state index is 6.66. The molecule has 0 amide bonds. The quantitative estimate of drug-likeness (QED) is 0.698. The van der Waals surface area contributed by atoms with E-state index in [2.05, 4.69) is 68.7 Å². The van der Waals surface area contributed by atoms with Crippen molar-refractivity contribution in [2.75, 3.05) is 0 Å². The zero-order valence-corrected chi connectivity index (χ0v) is 12.4. The largest absolute Gasteiger partial charge is 0.344 e. The molecule has 1 heterocycles. The Kier molecular flexibility index (Phi) is 3.89. The Hall–Kier alpha value is -1.44. The van der Waals surface area contributed by atoms with Gasteiger partial charge in [0.1, 0.15) is 7.85 Å². The molecule has 0 saturated heterocycles. The van der Waals surface area contributed by atoms with Gasteiger partial charge in [-0.25, -0.2) is 0 Å². The zero-order valence-electron chi connectivity index (χ0n) is 12.4. The summed E-state index contributed by atoms with van der Waals surface area (Å²) in [6.07, 6.45) is 6.10. The normalized spacial score (nSPS) is 12.6. The molecular weight excluding hydrogens is 229 g/mol. The van der Waals surface area contributed by atoms with Crippen molar-refractivity contribution in [2.45, 2.75) is 46.0 Å². The molecule has 0 atom stereocenters. The van der Waals surface area contributed by atoms with Crippen LogP contribution in [0.25, 0.3) is 17.0 Å². The van der Waals surface area contributed by atoms with Gasteiger partial charge >= 0.3 is 0 Å². The van der Waals surface area contributed by atoms with Crippen molar-refractivity contribution in [1.29, 1.82) is 0 Å². The first-order valence-electron chi connectivity index (χ1n) is 7.11. The molecule has 0 saturated carbocycles. The fraction of sp³-hybridized carbons (Fsp3) is 0.412. The summed E-state index contributed by atoms with van der Waals surface area (Å²) in [5.74, 6) is 0. The molecular formula is C17H22BN. The van der Waals surface area contributed by atoms with Gasteiger partial charge in [0.25, 0.3) is 0 Å². The van der Waals surface area contributed by atoms with E-state index < -0.39 is 0 Å². The summed E-state index contributed by atoms with van der Waals surface area (Å²) in [4.78, 5) is 0. The molecule has 98 valence electrons. The molecule has 2 radical (unpaired) electrons. The number of aryl methyl sites for hydroxylation is 1. The summed E-state index contributed by atoms with van der Waals surface area (Å²) < 4.78 is 2.32. The molecule has 0 aliphatic carbocycles. The van der Waals surface area contributed by atoms with E-state index in [0.717, 1.165) is 12.8 Å². The average Bonchev–Trinajstić information content (AvgIpc) is 2.73. The minimum atomic E-state index is -0.317. The highest BCUT2D eigenvalue weighted by molar-refractivity contribution is 6.14. The van der Waals surface area contributed by atoms with Gasteiger partial charge in [-0.3, -0.25) is 0 Å². The number of fused-ring (bicyclic) bond motifs is 1. The molecule has 2 heteroatoms. The Morgan fingerprint density at radius 1 is 1.21 bits per heavy atom. The number of benzene rings is 1. The van der Waals surface area contributed by atoms with Crippen LogP contribution in [0.3, 0.4) is 0 Å². The van der Waals surface area contributed by atoms with Crippen molar-refractivity contribution in [2.24, 2.45) is 0 Å². The second-order valence-corrected chi connectivity index (χ2v) is 5.17. The molecule has 0 N–H and O–H groups in total. The van der Waals surface area contributed by atoms with Crippen LogP contribution in [0.4, 0.5) is 0 Å². The lowest BCUT2D eigenvalue weighted by molar-refractivity contribution is 0.411. The number of para-hydroxylation sites is 1. The number of allylic oxidation sites excluding steroid dienone is 1. The van der Waals surface area contributed by atoms with Crippen molar-refractivity contribution in [3.05, 3.63) is 41.6 Å². The fourth-order valence-corrected chi connectivity index (χ4v) is 2.82. The van der Waals surface area contributed by atoms with Gasteiger partial charge in [-0.05, 0) is 44.4 Å². The summed E-state index contributed by atoms with van der Waals surface area (Å²) >= 11 is 0. The van der Waals surface area contributed by atoms with Gasteiger partial charge in [0.05, 0.1) is 0 Å². The van der Waals surface area contributed by atoms with Crippen LogP contribution in [0.5, 0.6) is 0 Å². The van der Waals surface area contributed by atoms with Crippen molar-refractivity contribution in [3.63, 3.8) is 0 Å². The van der Waals surface area contributed by atoms with E-state index in [4.69, 9.17) is 7.85 Å². The predicted molar refractivity (Wildman–Crippen MR) is 85.7 cm³/mol. The number of hydrogen-bond acceptors (Lipinski definition) is 0. The van der Waals surface area contributed by atoms with Crippen molar-refractivity contribution < 1.29 is 0 Å². The van der Waals surface area contributed by atoms with E-state index in [1.165, 1.54) is 22.2 Å². The Morgan fingerprint density at radius 3 is 2.42 bits per heavy atom. The highest BCUT2D eigenvalue weighted by atomic mass is 15.1. The maximum Gasteiger partial charge on any atom is 0.104 e. The second kappa shape index (κ2) is 5.28. The van der Waals surface area contributed by atoms with Crippen LogP contribution < -0.4 is 0 Å². The molecule has 2 aromatic rings. The average molecular weight is 251 g/mol. The predicted octanol–water partition coefficient (Wildman–Crippen LogP) is 4.62. The van der Waals surface area contributed by atoms with Crippen molar-refractivity contribution >= 4 is 24.8 Å². The molecule has 0 bridgehead atoms. The molecule has 2 rings (SSSR count). The molecule has 0 spiro atoms. The van der Waals surface area contributed by atoms with E-state index in [1.54, 1.807) is 0 Å². The summed E-state index contributed by atoms with van der Waals surface area (Å²) in [5.41, 5.74) is 3.46. The van der Waals surface area contributed by atoms with Gasteiger partial charge in [-0.1, -0.05) is 38.1 Å². The number of aromatic nitrogens is 1. The molecule has 0 unspecified atom stereocenters. The number of nitrogens with zero attached hydrogens (tertiary/aromatic N) is 1. The third-order valence-electron chi connectivity index (χ3n) is 4.17. The SMILES string of the molecule is [B]C(CC)(CC)n1c(/C=C\C)c(C)c2ccccc21. The van der Waals surface area contributed by atoms with Crippen LogP contribution in [-0.2, 0) is 5.44 Å².